The first-order chi connectivity index (χ1) is 28.7. The van der Waals surface area contributed by atoms with Crippen LogP contribution in [0.25, 0.3) is 22.3 Å². The Morgan fingerprint density at radius 2 is 0.733 bits per heavy atom. The van der Waals surface area contributed by atoms with Crippen LogP contribution >= 0.6 is 0 Å². The number of rotatable bonds is 8. The van der Waals surface area contributed by atoms with E-state index in [1.54, 1.807) is 0 Å². The first-order valence-corrected chi connectivity index (χ1v) is 22.0. The Hall–Kier alpha value is -5.86. The minimum atomic E-state index is 0.0396. The molecule has 0 spiro atoms. The van der Waals surface area contributed by atoms with Crippen LogP contribution in [0.1, 0.15) is 103 Å². The fourth-order valence-corrected chi connectivity index (χ4v) is 10.1. The Labute approximate surface area is 359 Å². The standard InChI is InChI=1S/C58H60N2/c1-55(2)35-36-57(5,6)52-40-49(33-34-50(52)55)59(45-20-13-10-14-21-45)46-29-25-42(26-30-46)43-27-31-47(32-28-43)60(48-22-15-19-44(39-48)41-17-11-9-12-18-41)53-24-16-23-51-54(53)58(7,8)38-37-56(51,3)4/h9-34,39-40H,35-38H2,1-8H3. The Morgan fingerprint density at radius 1 is 0.300 bits per heavy atom. The lowest BCUT2D eigenvalue weighted by Crippen LogP contribution is -2.35. The molecule has 0 amide bonds. The monoisotopic (exact) mass is 784 g/mol. The number of anilines is 6. The average molecular weight is 785 g/mol. The van der Waals surface area contributed by atoms with Crippen LogP contribution < -0.4 is 9.80 Å². The molecular formula is C58H60N2. The molecule has 0 heterocycles. The fraction of sp³-hybridized carbons (Fsp3) is 0.276. The van der Waals surface area contributed by atoms with Crippen molar-refractivity contribution in [2.75, 3.05) is 9.80 Å². The maximum Gasteiger partial charge on any atom is 0.0502 e. The van der Waals surface area contributed by atoms with Crippen molar-refractivity contribution in [3.05, 3.63) is 192 Å². The molecular weight excluding hydrogens is 725 g/mol. The molecule has 2 aliphatic rings. The third-order valence-corrected chi connectivity index (χ3v) is 14.0. The maximum absolute atomic E-state index is 2.50. The number of para-hydroxylation sites is 1. The van der Waals surface area contributed by atoms with Crippen molar-refractivity contribution < 1.29 is 0 Å². The minimum Gasteiger partial charge on any atom is -0.310 e. The molecule has 0 saturated heterocycles. The van der Waals surface area contributed by atoms with Gasteiger partial charge in [0.1, 0.15) is 0 Å². The third-order valence-electron chi connectivity index (χ3n) is 14.0. The van der Waals surface area contributed by atoms with E-state index in [0.717, 1.165) is 29.2 Å². The van der Waals surface area contributed by atoms with Crippen LogP contribution in [0.5, 0.6) is 0 Å². The maximum atomic E-state index is 2.50. The molecule has 2 nitrogen and oxygen atoms in total. The Bertz CT molecular complexity index is 2630. The molecule has 7 aromatic rings. The topological polar surface area (TPSA) is 6.48 Å². The molecule has 0 radical (unpaired) electrons. The molecule has 0 N–H and O–H groups in total. The largest absolute Gasteiger partial charge is 0.310 e. The highest BCUT2D eigenvalue weighted by Crippen LogP contribution is 2.52. The molecule has 0 unspecified atom stereocenters. The summed E-state index contributed by atoms with van der Waals surface area (Å²) in [7, 11) is 0. The normalized spacial score (nSPS) is 16.9. The van der Waals surface area contributed by atoms with E-state index in [0.29, 0.717) is 0 Å². The second-order valence-electron chi connectivity index (χ2n) is 20.0. The second-order valence-corrected chi connectivity index (χ2v) is 20.0. The SMILES string of the molecule is CC1(C)CCC(C)(C)c2cc(N(c3ccccc3)c3ccc(-c4ccc(N(c5cccc(-c6ccccc6)c5)c5cccc6c5C(C)(C)CCC6(C)C)cc4)cc3)ccc21. The van der Waals surface area contributed by atoms with E-state index in [1.807, 2.05) is 0 Å². The molecule has 302 valence electrons. The molecule has 2 heteroatoms. The van der Waals surface area contributed by atoms with Crippen molar-refractivity contribution >= 4 is 34.1 Å². The van der Waals surface area contributed by atoms with Gasteiger partial charge in [0.05, 0.1) is 5.69 Å². The van der Waals surface area contributed by atoms with Gasteiger partial charge < -0.3 is 9.80 Å². The lowest BCUT2D eigenvalue weighted by Gasteiger charge is -2.44. The number of benzene rings is 7. The van der Waals surface area contributed by atoms with Gasteiger partial charge in [0.2, 0.25) is 0 Å². The smallest absolute Gasteiger partial charge is 0.0502 e. The number of fused-ring (bicyclic) bond motifs is 2. The van der Waals surface area contributed by atoms with Crippen LogP contribution in [0.15, 0.2) is 170 Å². The van der Waals surface area contributed by atoms with E-state index in [-0.39, 0.29) is 21.7 Å². The highest BCUT2D eigenvalue weighted by Gasteiger charge is 2.40. The van der Waals surface area contributed by atoms with Gasteiger partial charge in [-0.15, -0.1) is 0 Å². The van der Waals surface area contributed by atoms with Crippen molar-refractivity contribution in [2.24, 2.45) is 0 Å². The number of hydrogen-bond acceptors (Lipinski definition) is 2. The summed E-state index contributed by atoms with van der Waals surface area (Å²) in [5.74, 6) is 0. The van der Waals surface area contributed by atoms with Gasteiger partial charge in [-0.3, -0.25) is 0 Å². The van der Waals surface area contributed by atoms with Gasteiger partial charge in [0.25, 0.3) is 0 Å². The Kier molecular flexibility index (Phi) is 9.90. The predicted octanol–water partition coefficient (Wildman–Crippen LogP) is 16.7. The molecule has 0 fully saturated rings. The van der Waals surface area contributed by atoms with E-state index in [2.05, 4.69) is 235 Å². The van der Waals surface area contributed by atoms with Crippen LogP contribution in [-0.4, -0.2) is 0 Å². The number of hydrogen-bond donors (Lipinski definition) is 0. The third kappa shape index (κ3) is 7.25. The molecule has 0 aliphatic heterocycles. The zero-order valence-electron chi connectivity index (χ0n) is 36.9. The van der Waals surface area contributed by atoms with Crippen LogP contribution in [0.4, 0.5) is 34.1 Å². The van der Waals surface area contributed by atoms with Crippen LogP contribution in [-0.2, 0) is 21.7 Å². The van der Waals surface area contributed by atoms with Gasteiger partial charge >= 0.3 is 0 Å². The lowest BCUT2D eigenvalue weighted by atomic mass is 9.62. The van der Waals surface area contributed by atoms with Crippen molar-refractivity contribution in [2.45, 2.75) is 103 Å². The fourth-order valence-electron chi connectivity index (χ4n) is 10.1. The molecule has 0 aromatic heterocycles. The summed E-state index contributed by atoms with van der Waals surface area (Å²) in [5.41, 5.74) is 18.3. The van der Waals surface area contributed by atoms with Gasteiger partial charge in [0.15, 0.2) is 0 Å². The lowest BCUT2D eigenvalue weighted by molar-refractivity contribution is 0.332. The molecule has 0 atom stereocenters. The summed E-state index contributed by atoms with van der Waals surface area (Å²) in [5, 5.41) is 0. The summed E-state index contributed by atoms with van der Waals surface area (Å²) < 4.78 is 0. The van der Waals surface area contributed by atoms with E-state index in [1.165, 1.54) is 75.1 Å². The van der Waals surface area contributed by atoms with E-state index in [4.69, 9.17) is 0 Å². The Morgan fingerprint density at radius 3 is 1.37 bits per heavy atom. The van der Waals surface area contributed by atoms with Crippen molar-refractivity contribution in [3.8, 4) is 22.3 Å². The summed E-state index contributed by atoms with van der Waals surface area (Å²) >= 11 is 0. The molecule has 9 rings (SSSR count). The second kappa shape index (κ2) is 15.0. The van der Waals surface area contributed by atoms with Gasteiger partial charge in [-0.1, -0.05) is 159 Å². The van der Waals surface area contributed by atoms with E-state index < -0.39 is 0 Å². The van der Waals surface area contributed by atoms with Gasteiger partial charge in [-0.05, 0) is 159 Å². The first-order valence-electron chi connectivity index (χ1n) is 22.0. The minimum absolute atomic E-state index is 0.0396. The van der Waals surface area contributed by atoms with Crippen molar-refractivity contribution in [1.82, 2.24) is 0 Å². The Balaban J connectivity index is 1.10. The highest BCUT2D eigenvalue weighted by atomic mass is 15.1. The van der Waals surface area contributed by atoms with Crippen LogP contribution in [0, 0.1) is 0 Å². The van der Waals surface area contributed by atoms with Crippen molar-refractivity contribution in [1.29, 1.82) is 0 Å². The quantitative estimate of drug-likeness (QED) is 0.151. The summed E-state index contributed by atoms with van der Waals surface area (Å²) in [4.78, 5) is 4.91. The summed E-state index contributed by atoms with van der Waals surface area (Å²) in [6.45, 7) is 19.3. The molecule has 60 heavy (non-hydrogen) atoms. The van der Waals surface area contributed by atoms with Gasteiger partial charge in [-0.2, -0.15) is 0 Å². The average Bonchev–Trinajstić information content (AvgIpc) is 3.26. The molecule has 0 bridgehead atoms. The van der Waals surface area contributed by atoms with Gasteiger partial charge in [-0.25, -0.2) is 0 Å². The van der Waals surface area contributed by atoms with Crippen molar-refractivity contribution in [3.63, 3.8) is 0 Å². The predicted molar refractivity (Wildman–Crippen MR) is 257 cm³/mol. The summed E-state index contributed by atoms with van der Waals surface area (Å²) in [6.07, 6.45) is 4.74. The zero-order valence-corrected chi connectivity index (χ0v) is 36.9. The highest BCUT2D eigenvalue weighted by molar-refractivity contribution is 5.84. The van der Waals surface area contributed by atoms with Gasteiger partial charge in [0, 0.05) is 28.4 Å². The summed E-state index contributed by atoms with van der Waals surface area (Å²) in [6, 6.07) is 63.1. The zero-order chi connectivity index (χ0) is 41.9. The van der Waals surface area contributed by atoms with Crippen LogP contribution in [0.3, 0.4) is 0 Å². The first kappa shape index (κ1) is 39.6. The molecule has 0 saturated carbocycles. The van der Waals surface area contributed by atoms with E-state index in [9.17, 15) is 0 Å². The molecule has 7 aromatic carbocycles. The van der Waals surface area contributed by atoms with Crippen LogP contribution in [0.2, 0.25) is 0 Å². The van der Waals surface area contributed by atoms with E-state index >= 15 is 0 Å². The molecule has 2 aliphatic carbocycles. The number of nitrogens with zero attached hydrogens (tertiary/aromatic N) is 2.